The van der Waals surface area contributed by atoms with Crippen molar-refractivity contribution in [2.75, 3.05) is 0 Å². The molecule has 0 radical (unpaired) electrons. The van der Waals surface area contributed by atoms with E-state index in [1.54, 1.807) is 0 Å². The van der Waals surface area contributed by atoms with Crippen LogP contribution in [0.3, 0.4) is 0 Å². The molecule has 0 aliphatic heterocycles. The Hall–Kier alpha value is 0.748. The zero-order chi connectivity index (χ0) is 2.71. The van der Waals surface area contributed by atoms with Crippen LogP contribution >= 0.6 is 8.69 Å². The summed E-state index contributed by atoms with van der Waals surface area (Å²) in [7, 11) is -0.833. The summed E-state index contributed by atoms with van der Waals surface area (Å²) < 4.78 is 8.46. The van der Waals surface area contributed by atoms with E-state index in [9.17, 15) is 0 Å². The summed E-state index contributed by atoms with van der Waals surface area (Å²) >= 11 is 0. The van der Waals surface area contributed by atoms with Crippen molar-refractivity contribution in [1.29, 1.82) is 0 Å². The van der Waals surface area contributed by atoms with Gasteiger partial charge in [0.25, 0.3) is 0 Å². The Kier molecular flexibility index (Phi) is 20.5. The summed E-state index contributed by atoms with van der Waals surface area (Å²) in [6, 6.07) is 0. The molecule has 4 heavy (non-hydrogen) atoms. The molecule has 0 aromatic carbocycles. The van der Waals surface area contributed by atoms with Crippen LogP contribution in [0.5, 0.6) is 0 Å². The first-order chi connectivity index (χ1) is 1.41. The summed E-state index contributed by atoms with van der Waals surface area (Å²) in [6.07, 6.45) is 0. The quantitative estimate of drug-likeness (QED) is 0.630. The zero-order valence-corrected chi connectivity index (χ0v) is 4.79. The SMILES string of the molecule is O=PO.[Pt]. The monoisotopic (exact) mass is 259 g/mol. The molecule has 0 atom stereocenters. The van der Waals surface area contributed by atoms with Crippen LogP contribution in [0.4, 0.5) is 0 Å². The zero-order valence-electron chi connectivity index (χ0n) is 1.62. The minimum absolute atomic E-state index is 0. The first kappa shape index (κ1) is 8.83. The molecule has 28 valence electrons. The molecule has 2 nitrogen and oxygen atoms in total. The molecular weight excluding hydrogens is 258 g/mol. The smallest absolute Gasteiger partial charge is 0.310 e. The topological polar surface area (TPSA) is 37.3 Å². The van der Waals surface area contributed by atoms with Gasteiger partial charge < -0.3 is 4.89 Å². The van der Waals surface area contributed by atoms with Crippen LogP contribution in [0.25, 0.3) is 0 Å². The van der Waals surface area contributed by atoms with Crippen LogP contribution in [0.1, 0.15) is 0 Å². The fourth-order valence-corrected chi connectivity index (χ4v) is 0. The Morgan fingerprint density at radius 3 is 1.75 bits per heavy atom. The summed E-state index contributed by atoms with van der Waals surface area (Å²) in [4.78, 5) is 6.99. The van der Waals surface area contributed by atoms with Crippen molar-refractivity contribution in [3.05, 3.63) is 0 Å². The molecule has 0 heterocycles. The molecule has 0 rings (SSSR count). The van der Waals surface area contributed by atoms with Gasteiger partial charge in [0, 0.05) is 21.1 Å². The van der Waals surface area contributed by atoms with Crippen LogP contribution in [-0.4, -0.2) is 4.89 Å². The van der Waals surface area contributed by atoms with Gasteiger partial charge in [0.2, 0.25) is 0 Å². The molecule has 0 aliphatic rings. The van der Waals surface area contributed by atoms with E-state index in [1.807, 2.05) is 0 Å². The van der Waals surface area contributed by atoms with Crippen LogP contribution in [0.2, 0.25) is 0 Å². The van der Waals surface area contributed by atoms with Crippen molar-refractivity contribution < 1.29 is 30.5 Å². The molecule has 0 aliphatic carbocycles. The summed E-state index contributed by atoms with van der Waals surface area (Å²) in [5.41, 5.74) is 0. The van der Waals surface area contributed by atoms with E-state index in [-0.39, 0.29) is 21.1 Å². The van der Waals surface area contributed by atoms with E-state index in [4.69, 9.17) is 9.46 Å². The van der Waals surface area contributed by atoms with Crippen molar-refractivity contribution in [3.63, 3.8) is 0 Å². The fraction of sp³-hybridized carbons (Fsp3) is 0. The molecule has 0 aromatic rings. The second-order valence-electron chi connectivity index (χ2n) is 0.0816. The Balaban J connectivity index is 0. The predicted octanol–water partition coefficient (Wildman–Crippen LogP) is 0.183. The van der Waals surface area contributed by atoms with Gasteiger partial charge in [0.05, 0.1) is 0 Å². The second kappa shape index (κ2) is 9.26. The minimum Gasteiger partial charge on any atom is -0.310 e. The Morgan fingerprint density at radius 2 is 1.75 bits per heavy atom. The summed E-state index contributed by atoms with van der Waals surface area (Å²) in [5.74, 6) is 0. The molecule has 0 unspecified atom stereocenters. The van der Waals surface area contributed by atoms with Crippen LogP contribution in [-0.2, 0) is 25.6 Å². The summed E-state index contributed by atoms with van der Waals surface area (Å²) in [6.45, 7) is 0. The Bertz CT molecular complexity index is 13.5. The second-order valence-corrected chi connectivity index (χ2v) is 0.245. The van der Waals surface area contributed by atoms with Gasteiger partial charge in [-0.15, -0.1) is 0 Å². The Morgan fingerprint density at radius 1 is 1.75 bits per heavy atom. The molecule has 0 saturated carbocycles. The maximum absolute atomic E-state index is 8.46. The van der Waals surface area contributed by atoms with Gasteiger partial charge in [-0.25, -0.2) is 4.57 Å². The van der Waals surface area contributed by atoms with Gasteiger partial charge in [-0.3, -0.25) is 0 Å². The van der Waals surface area contributed by atoms with Gasteiger partial charge in [-0.2, -0.15) is 0 Å². The summed E-state index contributed by atoms with van der Waals surface area (Å²) in [5, 5.41) is 0. The molecule has 4 heteroatoms. The van der Waals surface area contributed by atoms with E-state index in [0.29, 0.717) is 0 Å². The Labute approximate surface area is 39.8 Å². The molecule has 0 spiro atoms. The van der Waals surface area contributed by atoms with Gasteiger partial charge in [0.15, 0.2) is 0 Å². The number of hydrogen-bond acceptors (Lipinski definition) is 1. The molecule has 0 aromatic heterocycles. The molecule has 0 amide bonds. The van der Waals surface area contributed by atoms with Gasteiger partial charge in [-0.1, -0.05) is 0 Å². The van der Waals surface area contributed by atoms with Crippen molar-refractivity contribution in [1.82, 2.24) is 0 Å². The standard InChI is InChI=1S/HO2P.Pt/c1-3-2;/h(H,1,2);. The number of hydrogen-bond donors (Lipinski definition) is 1. The van der Waals surface area contributed by atoms with E-state index in [0.717, 1.165) is 0 Å². The average molecular weight is 259 g/mol. The largest absolute Gasteiger partial charge is 0.324 e. The van der Waals surface area contributed by atoms with Crippen LogP contribution in [0.15, 0.2) is 0 Å². The van der Waals surface area contributed by atoms with E-state index in [2.05, 4.69) is 0 Å². The first-order valence-corrected chi connectivity index (χ1v) is 1.15. The van der Waals surface area contributed by atoms with Crippen molar-refractivity contribution >= 4 is 8.69 Å². The molecule has 0 fully saturated rings. The maximum Gasteiger partial charge on any atom is 0.324 e. The third kappa shape index (κ3) is 15.0. The minimum atomic E-state index is -0.833. The predicted molar refractivity (Wildman–Crippen MR) is 9.83 cm³/mol. The van der Waals surface area contributed by atoms with E-state index in [1.165, 1.54) is 0 Å². The molecular formula is HO2PPt. The first-order valence-electron chi connectivity index (χ1n) is 0.383. The van der Waals surface area contributed by atoms with E-state index < -0.39 is 8.69 Å². The molecule has 1 N–H and O–H groups in total. The molecule has 0 bridgehead atoms. The van der Waals surface area contributed by atoms with Gasteiger partial charge >= 0.3 is 8.69 Å². The van der Waals surface area contributed by atoms with Crippen LogP contribution < -0.4 is 0 Å². The van der Waals surface area contributed by atoms with Gasteiger partial charge in [0.1, 0.15) is 0 Å². The third-order valence-corrected chi connectivity index (χ3v) is 0. The maximum atomic E-state index is 8.46. The van der Waals surface area contributed by atoms with Crippen LogP contribution in [0, 0.1) is 0 Å². The van der Waals surface area contributed by atoms with Crippen molar-refractivity contribution in [2.45, 2.75) is 0 Å². The van der Waals surface area contributed by atoms with E-state index >= 15 is 0 Å². The normalized spacial score (nSPS) is 5.25. The van der Waals surface area contributed by atoms with Crippen molar-refractivity contribution in [3.8, 4) is 0 Å². The average Bonchev–Trinajstić information content (AvgIpc) is 0.918. The van der Waals surface area contributed by atoms with Crippen molar-refractivity contribution in [2.24, 2.45) is 0 Å². The fourth-order valence-electron chi connectivity index (χ4n) is 0. The van der Waals surface area contributed by atoms with Gasteiger partial charge in [-0.05, 0) is 0 Å². The number of rotatable bonds is 0. The molecule has 0 saturated heterocycles. The third-order valence-electron chi connectivity index (χ3n) is 0.